The highest BCUT2D eigenvalue weighted by molar-refractivity contribution is 5.86. The number of nitrogens with zero attached hydrogens (tertiary/aromatic N) is 3. The topological polar surface area (TPSA) is 66.3 Å². The summed E-state index contributed by atoms with van der Waals surface area (Å²) in [5.41, 5.74) is -0.0249. The highest BCUT2D eigenvalue weighted by Crippen LogP contribution is 2.11. The first kappa shape index (κ1) is 12.0. The largest absolute Gasteiger partial charge is 0.477 e. The number of carboxylic acids is 1. The second kappa shape index (κ2) is 5.71. The van der Waals surface area contributed by atoms with Gasteiger partial charge in [0.2, 0.25) is 0 Å². The highest BCUT2D eigenvalue weighted by Gasteiger charge is 2.10. The minimum Gasteiger partial charge on any atom is -0.477 e. The van der Waals surface area contributed by atoms with Gasteiger partial charge in [0.05, 0.1) is 6.54 Å². The molecule has 1 heterocycles. The number of aromatic carboxylic acids is 1. The summed E-state index contributed by atoms with van der Waals surface area (Å²) in [6.45, 7) is 3.16. The average Bonchev–Trinajstić information content (AvgIpc) is 2.29. The van der Waals surface area contributed by atoms with E-state index in [1.54, 1.807) is 0 Å². The Morgan fingerprint density at radius 3 is 2.94 bits per heavy atom. The first-order valence-electron chi connectivity index (χ1n) is 4.92. The third-order valence-corrected chi connectivity index (χ3v) is 1.97. The summed E-state index contributed by atoms with van der Waals surface area (Å²) in [5.74, 6) is 2.00. The van der Waals surface area contributed by atoms with E-state index in [1.165, 1.54) is 12.4 Å². The Kier molecular flexibility index (Phi) is 4.28. The lowest BCUT2D eigenvalue weighted by molar-refractivity contribution is 0.0690. The smallest absolute Gasteiger partial charge is 0.354 e. The molecule has 0 bridgehead atoms. The number of hydrogen-bond donors (Lipinski definition) is 1. The molecular formula is C11H13N3O2. The van der Waals surface area contributed by atoms with Crippen molar-refractivity contribution in [2.24, 2.45) is 0 Å². The molecule has 0 fully saturated rings. The number of anilines is 1. The molecule has 0 saturated carbocycles. The van der Waals surface area contributed by atoms with Crippen LogP contribution in [-0.4, -0.2) is 34.1 Å². The summed E-state index contributed by atoms with van der Waals surface area (Å²) in [4.78, 5) is 20.3. The number of carbonyl (C=O) groups is 1. The summed E-state index contributed by atoms with van der Waals surface area (Å²) in [6.07, 6.45) is 7.39. The maximum absolute atomic E-state index is 10.7. The van der Waals surface area contributed by atoms with Gasteiger partial charge in [0, 0.05) is 12.6 Å². The lowest BCUT2D eigenvalue weighted by Crippen LogP contribution is -2.25. The van der Waals surface area contributed by atoms with Crippen LogP contribution >= 0.6 is 0 Å². The molecule has 0 amide bonds. The average molecular weight is 219 g/mol. The van der Waals surface area contributed by atoms with Crippen molar-refractivity contribution in [1.82, 2.24) is 9.97 Å². The number of terminal acetylenes is 1. The number of aromatic nitrogens is 2. The Hall–Kier alpha value is -2.09. The fraction of sp³-hybridized carbons (Fsp3) is 0.364. The van der Waals surface area contributed by atoms with Gasteiger partial charge in [0.1, 0.15) is 12.1 Å². The van der Waals surface area contributed by atoms with Crippen LogP contribution in [0.3, 0.4) is 0 Å². The summed E-state index contributed by atoms with van der Waals surface area (Å²) in [5, 5.41) is 8.80. The van der Waals surface area contributed by atoms with Gasteiger partial charge >= 0.3 is 5.97 Å². The zero-order valence-corrected chi connectivity index (χ0v) is 9.05. The van der Waals surface area contributed by atoms with Gasteiger partial charge in [-0.25, -0.2) is 14.8 Å². The maximum atomic E-state index is 10.7. The molecule has 0 saturated heterocycles. The van der Waals surface area contributed by atoms with Crippen LogP contribution in [0.1, 0.15) is 23.8 Å². The quantitative estimate of drug-likeness (QED) is 0.749. The first-order chi connectivity index (χ1) is 7.69. The van der Waals surface area contributed by atoms with Crippen LogP contribution < -0.4 is 4.90 Å². The van der Waals surface area contributed by atoms with Gasteiger partial charge in [-0.3, -0.25) is 0 Å². The molecule has 5 nitrogen and oxygen atoms in total. The number of rotatable bonds is 5. The molecule has 0 aliphatic rings. The molecule has 1 aromatic heterocycles. The molecular weight excluding hydrogens is 206 g/mol. The van der Waals surface area contributed by atoms with Crippen LogP contribution in [0.2, 0.25) is 0 Å². The van der Waals surface area contributed by atoms with Crippen molar-refractivity contribution in [2.75, 3.05) is 18.0 Å². The molecule has 1 rings (SSSR count). The van der Waals surface area contributed by atoms with Crippen LogP contribution in [0.25, 0.3) is 0 Å². The molecule has 0 radical (unpaired) electrons. The molecule has 1 aromatic rings. The van der Waals surface area contributed by atoms with Crippen molar-refractivity contribution >= 4 is 11.8 Å². The molecule has 84 valence electrons. The van der Waals surface area contributed by atoms with Gasteiger partial charge in [0.15, 0.2) is 5.69 Å². The lowest BCUT2D eigenvalue weighted by Gasteiger charge is -2.20. The summed E-state index contributed by atoms with van der Waals surface area (Å²) >= 11 is 0. The van der Waals surface area contributed by atoms with Crippen molar-refractivity contribution in [3.63, 3.8) is 0 Å². The van der Waals surface area contributed by atoms with E-state index >= 15 is 0 Å². The fourth-order valence-electron chi connectivity index (χ4n) is 1.29. The van der Waals surface area contributed by atoms with Crippen LogP contribution in [0.5, 0.6) is 0 Å². The summed E-state index contributed by atoms with van der Waals surface area (Å²) < 4.78 is 0. The molecule has 0 aliphatic heterocycles. The van der Waals surface area contributed by atoms with Crippen LogP contribution in [0, 0.1) is 12.3 Å². The molecule has 16 heavy (non-hydrogen) atoms. The number of carboxylic acid groups (broad SMARTS) is 1. The molecule has 0 aliphatic carbocycles. The third-order valence-electron chi connectivity index (χ3n) is 1.97. The van der Waals surface area contributed by atoms with Gasteiger partial charge in [-0.05, 0) is 6.42 Å². The van der Waals surface area contributed by atoms with Crippen molar-refractivity contribution in [1.29, 1.82) is 0 Å². The van der Waals surface area contributed by atoms with Crippen LogP contribution in [-0.2, 0) is 0 Å². The zero-order valence-electron chi connectivity index (χ0n) is 9.05. The number of hydrogen-bond acceptors (Lipinski definition) is 4. The van der Waals surface area contributed by atoms with Gasteiger partial charge in [0.25, 0.3) is 0 Å². The second-order valence-electron chi connectivity index (χ2n) is 3.19. The molecule has 0 aromatic carbocycles. The molecule has 5 heteroatoms. The van der Waals surface area contributed by atoms with Gasteiger partial charge < -0.3 is 10.0 Å². The second-order valence-corrected chi connectivity index (χ2v) is 3.19. The predicted molar refractivity (Wildman–Crippen MR) is 60.3 cm³/mol. The highest BCUT2D eigenvalue weighted by atomic mass is 16.4. The van der Waals surface area contributed by atoms with Gasteiger partial charge in [-0.15, -0.1) is 6.42 Å². The van der Waals surface area contributed by atoms with Crippen molar-refractivity contribution in [2.45, 2.75) is 13.3 Å². The van der Waals surface area contributed by atoms with E-state index in [-0.39, 0.29) is 5.69 Å². The van der Waals surface area contributed by atoms with Crippen molar-refractivity contribution < 1.29 is 9.90 Å². The lowest BCUT2D eigenvalue weighted by atomic mass is 10.3. The minimum atomic E-state index is -1.07. The predicted octanol–water partition coefficient (Wildman–Crippen LogP) is 1.02. The normalized spacial score (nSPS) is 9.50. The SMILES string of the molecule is C#CCN(CCC)c1cc(C(=O)O)ncn1. The van der Waals surface area contributed by atoms with E-state index in [4.69, 9.17) is 11.5 Å². The van der Waals surface area contributed by atoms with E-state index in [0.717, 1.165) is 13.0 Å². The van der Waals surface area contributed by atoms with Gasteiger partial charge in [-0.2, -0.15) is 0 Å². The van der Waals surface area contributed by atoms with E-state index in [0.29, 0.717) is 12.4 Å². The van der Waals surface area contributed by atoms with E-state index in [2.05, 4.69) is 15.9 Å². The maximum Gasteiger partial charge on any atom is 0.354 e. The zero-order chi connectivity index (χ0) is 12.0. The first-order valence-corrected chi connectivity index (χ1v) is 4.92. The Morgan fingerprint density at radius 1 is 1.62 bits per heavy atom. The van der Waals surface area contributed by atoms with Crippen LogP contribution in [0.4, 0.5) is 5.82 Å². The monoisotopic (exact) mass is 219 g/mol. The minimum absolute atomic E-state index is 0.0249. The molecule has 0 atom stereocenters. The van der Waals surface area contributed by atoms with E-state index in [1.807, 2.05) is 11.8 Å². The third kappa shape index (κ3) is 2.95. The Labute approximate surface area is 94.1 Å². The molecule has 0 spiro atoms. The summed E-state index contributed by atoms with van der Waals surface area (Å²) in [6, 6.07) is 1.43. The Bertz CT molecular complexity index is 412. The van der Waals surface area contributed by atoms with E-state index in [9.17, 15) is 4.79 Å². The summed E-state index contributed by atoms with van der Waals surface area (Å²) in [7, 11) is 0. The standard InChI is InChI=1S/C11H13N3O2/c1-3-5-14(6-4-2)10-7-9(11(15)16)12-8-13-10/h1,7-8H,4-6H2,2H3,(H,15,16). The Balaban J connectivity index is 2.96. The molecule has 0 unspecified atom stereocenters. The van der Waals surface area contributed by atoms with Crippen LogP contribution in [0.15, 0.2) is 12.4 Å². The van der Waals surface area contributed by atoms with Crippen molar-refractivity contribution in [3.8, 4) is 12.3 Å². The Morgan fingerprint density at radius 2 is 2.38 bits per heavy atom. The fourth-order valence-corrected chi connectivity index (χ4v) is 1.29. The van der Waals surface area contributed by atoms with Crippen molar-refractivity contribution in [3.05, 3.63) is 18.1 Å². The van der Waals surface area contributed by atoms with Gasteiger partial charge in [-0.1, -0.05) is 12.8 Å². The molecule has 1 N–H and O–H groups in total. The van der Waals surface area contributed by atoms with E-state index < -0.39 is 5.97 Å².